The van der Waals surface area contributed by atoms with Crippen molar-refractivity contribution in [1.29, 1.82) is 0 Å². The van der Waals surface area contributed by atoms with Crippen molar-refractivity contribution in [2.75, 3.05) is 13.2 Å². The first-order chi connectivity index (χ1) is 13.2. The molecule has 150 valence electrons. The number of ketones is 1. The zero-order valence-corrected chi connectivity index (χ0v) is 15.2. The molecule has 0 saturated heterocycles. The van der Waals surface area contributed by atoms with Crippen molar-refractivity contribution in [3.05, 3.63) is 47.3 Å². The van der Waals surface area contributed by atoms with Gasteiger partial charge in [-0.05, 0) is 32.0 Å². The second-order valence-corrected chi connectivity index (χ2v) is 6.38. The number of halogens is 3. The summed E-state index contributed by atoms with van der Waals surface area (Å²) in [6, 6.07) is 8.16. The van der Waals surface area contributed by atoms with Crippen molar-refractivity contribution in [3.8, 4) is 11.5 Å². The summed E-state index contributed by atoms with van der Waals surface area (Å²) in [6.45, 7) is 1.04. The molecule has 6 nitrogen and oxygen atoms in total. The van der Waals surface area contributed by atoms with Gasteiger partial charge in [0.25, 0.3) is 0 Å². The second-order valence-electron chi connectivity index (χ2n) is 6.38. The maximum absolute atomic E-state index is 12.7. The number of fused-ring (bicyclic) bond motifs is 1. The summed E-state index contributed by atoms with van der Waals surface area (Å²) in [5.41, 5.74) is 0.549. The molecule has 1 aliphatic rings. The van der Waals surface area contributed by atoms with Crippen molar-refractivity contribution < 1.29 is 37.0 Å². The van der Waals surface area contributed by atoms with Crippen molar-refractivity contribution in [3.63, 3.8) is 0 Å². The van der Waals surface area contributed by atoms with Crippen LogP contribution in [0, 0.1) is 13.8 Å². The molecule has 9 heteroatoms. The minimum Gasteiger partial charge on any atom is -0.485 e. The molecule has 0 fully saturated rings. The summed E-state index contributed by atoms with van der Waals surface area (Å²) >= 11 is 0. The first-order valence-corrected chi connectivity index (χ1v) is 8.47. The zero-order valence-electron chi connectivity index (χ0n) is 15.2. The van der Waals surface area contributed by atoms with E-state index in [2.05, 4.69) is 0 Å². The number of aromatic nitrogens is 1. The van der Waals surface area contributed by atoms with Gasteiger partial charge in [0.2, 0.25) is 11.9 Å². The van der Waals surface area contributed by atoms with Gasteiger partial charge in [-0.1, -0.05) is 12.1 Å². The zero-order chi connectivity index (χ0) is 20.5. The molecule has 0 spiro atoms. The molecule has 0 saturated carbocycles. The fourth-order valence-corrected chi connectivity index (χ4v) is 2.95. The van der Waals surface area contributed by atoms with E-state index in [0.717, 1.165) is 4.57 Å². The fraction of sp³-hybridized carbons (Fsp3) is 0.368. The Morgan fingerprint density at radius 2 is 1.89 bits per heavy atom. The lowest BCUT2D eigenvalue weighted by atomic mass is 10.1. The van der Waals surface area contributed by atoms with Crippen LogP contribution >= 0.6 is 0 Å². The quantitative estimate of drug-likeness (QED) is 0.573. The number of carbonyl (C=O) groups is 2. The normalized spacial score (nSPS) is 16.0. The number of benzene rings is 1. The minimum absolute atomic E-state index is 0.0653. The molecular weight excluding hydrogens is 379 g/mol. The van der Waals surface area contributed by atoms with Crippen LogP contribution in [0.25, 0.3) is 0 Å². The molecule has 0 amide bonds. The molecule has 0 aliphatic carbocycles. The molecule has 0 radical (unpaired) electrons. The molecule has 28 heavy (non-hydrogen) atoms. The Morgan fingerprint density at radius 3 is 2.57 bits per heavy atom. The molecule has 2 heterocycles. The number of esters is 1. The van der Waals surface area contributed by atoms with Crippen molar-refractivity contribution in [2.45, 2.75) is 32.7 Å². The lowest BCUT2D eigenvalue weighted by Crippen LogP contribution is -2.38. The summed E-state index contributed by atoms with van der Waals surface area (Å²) in [5, 5.41) is 0. The molecule has 0 unspecified atom stereocenters. The lowest BCUT2D eigenvalue weighted by Gasteiger charge is -2.24. The van der Waals surface area contributed by atoms with Crippen molar-refractivity contribution in [2.24, 2.45) is 0 Å². The number of nitrogens with zero attached hydrogens (tertiary/aromatic N) is 1. The molecule has 1 aliphatic heterocycles. The summed E-state index contributed by atoms with van der Waals surface area (Å²) in [6.07, 6.45) is -5.43. The number of rotatable bonds is 5. The van der Waals surface area contributed by atoms with Crippen LogP contribution in [0.15, 0.2) is 30.3 Å². The van der Waals surface area contributed by atoms with E-state index in [1.807, 2.05) is 0 Å². The van der Waals surface area contributed by atoms with Crippen molar-refractivity contribution in [1.82, 2.24) is 4.57 Å². The monoisotopic (exact) mass is 397 g/mol. The Kier molecular flexibility index (Phi) is 5.35. The van der Waals surface area contributed by atoms with Crippen LogP contribution in [0.5, 0.6) is 11.5 Å². The summed E-state index contributed by atoms with van der Waals surface area (Å²) in [7, 11) is 0. The molecule has 1 aromatic carbocycles. The number of para-hydroxylation sites is 2. The van der Waals surface area contributed by atoms with E-state index in [1.54, 1.807) is 24.3 Å². The maximum atomic E-state index is 12.7. The standard InChI is InChI=1S/C19H18F3NO5/c1-11-7-13(12(2)23(11)10-19(20,21)22)14(24)8-27-18(25)17-9-26-15-5-3-4-6-16(15)28-17/h3-7,17H,8-10H2,1-2H3/t17-/m0/s1. The number of aryl methyl sites for hydroxylation is 1. The molecule has 0 bridgehead atoms. The first-order valence-electron chi connectivity index (χ1n) is 8.47. The van der Waals surface area contributed by atoms with Crippen molar-refractivity contribution >= 4 is 11.8 Å². The van der Waals surface area contributed by atoms with Gasteiger partial charge in [-0.25, -0.2) is 4.79 Å². The summed E-state index contributed by atoms with van der Waals surface area (Å²) < 4.78 is 54.9. The van der Waals surface area contributed by atoms with Gasteiger partial charge in [0.05, 0.1) is 0 Å². The van der Waals surface area contributed by atoms with Gasteiger partial charge in [0.1, 0.15) is 13.2 Å². The van der Waals surface area contributed by atoms with Gasteiger partial charge in [-0.3, -0.25) is 4.79 Å². The van der Waals surface area contributed by atoms with Gasteiger partial charge < -0.3 is 18.8 Å². The third-order valence-electron chi connectivity index (χ3n) is 4.33. The van der Waals surface area contributed by atoms with E-state index in [0.29, 0.717) is 17.2 Å². The Hall–Kier alpha value is -2.97. The van der Waals surface area contributed by atoms with Gasteiger partial charge in [-0.15, -0.1) is 0 Å². The largest absolute Gasteiger partial charge is 0.485 e. The number of hydrogen-bond donors (Lipinski definition) is 0. The number of carbonyl (C=O) groups excluding carboxylic acids is 2. The van der Waals surface area contributed by atoms with E-state index in [-0.39, 0.29) is 17.9 Å². The van der Waals surface area contributed by atoms with Gasteiger partial charge in [0, 0.05) is 17.0 Å². The topological polar surface area (TPSA) is 66.8 Å². The van der Waals surface area contributed by atoms with Gasteiger partial charge >= 0.3 is 12.1 Å². The third-order valence-corrected chi connectivity index (χ3v) is 4.33. The molecular formula is C19H18F3NO5. The predicted molar refractivity (Wildman–Crippen MR) is 91.6 cm³/mol. The Labute approximate surface area is 158 Å². The molecule has 1 aromatic heterocycles. The highest BCUT2D eigenvalue weighted by atomic mass is 19.4. The highest BCUT2D eigenvalue weighted by molar-refractivity contribution is 5.99. The predicted octanol–water partition coefficient (Wildman–Crippen LogP) is 3.23. The van der Waals surface area contributed by atoms with Crippen LogP contribution in [0.1, 0.15) is 21.7 Å². The van der Waals surface area contributed by atoms with E-state index >= 15 is 0 Å². The Balaban J connectivity index is 1.62. The van der Waals surface area contributed by atoms with E-state index in [4.69, 9.17) is 14.2 Å². The average molecular weight is 397 g/mol. The Morgan fingerprint density at radius 1 is 1.21 bits per heavy atom. The van der Waals surface area contributed by atoms with E-state index < -0.39 is 37.2 Å². The fourth-order valence-electron chi connectivity index (χ4n) is 2.95. The third kappa shape index (κ3) is 4.29. The number of ether oxygens (including phenoxy) is 3. The van der Waals surface area contributed by atoms with Gasteiger partial charge in [-0.2, -0.15) is 13.2 Å². The Bertz CT molecular complexity index is 903. The summed E-state index contributed by atoms with van der Waals surface area (Å²) in [5.74, 6) is -0.489. The van der Waals surface area contributed by atoms with Crippen LogP contribution in [-0.4, -0.2) is 41.8 Å². The molecule has 2 aromatic rings. The summed E-state index contributed by atoms with van der Waals surface area (Å²) in [4.78, 5) is 24.5. The SMILES string of the molecule is Cc1cc(C(=O)COC(=O)[C@@H]2COc3ccccc3O2)c(C)n1CC(F)(F)F. The van der Waals surface area contributed by atoms with Crippen LogP contribution < -0.4 is 9.47 Å². The second kappa shape index (κ2) is 7.57. The number of hydrogen-bond acceptors (Lipinski definition) is 5. The van der Waals surface area contributed by atoms with Crippen LogP contribution in [0.3, 0.4) is 0 Å². The molecule has 3 rings (SSSR count). The average Bonchev–Trinajstić information content (AvgIpc) is 2.92. The lowest BCUT2D eigenvalue weighted by molar-refractivity contribution is -0.153. The molecule has 0 N–H and O–H groups in total. The molecule has 1 atom stereocenters. The van der Waals surface area contributed by atoms with Crippen LogP contribution in [0.2, 0.25) is 0 Å². The van der Waals surface area contributed by atoms with Gasteiger partial charge in [0.15, 0.2) is 18.1 Å². The van der Waals surface area contributed by atoms with E-state index in [1.165, 1.54) is 19.9 Å². The van der Waals surface area contributed by atoms with Crippen LogP contribution in [0.4, 0.5) is 13.2 Å². The van der Waals surface area contributed by atoms with E-state index in [9.17, 15) is 22.8 Å². The number of alkyl halides is 3. The minimum atomic E-state index is -4.41. The smallest absolute Gasteiger partial charge is 0.406 e. The first kappa shape index (κ1) is 19.8. The number of Topliss-reactive ketones (excluding diaryl/α,β-unsaturated/α-hetero) is 1. The maximum Gasteiger partial charge on any atom is 0.406 e. The highest BCUT2D eigenvalue weighted by Crippen LogP contribution is 2.31. The highest BCUT2D eigenvalue weighted by Gasteiger charge is 2.31. The van der Waals surface area contributed by atoms with Crippen LogP contribution in [-0.2, 0) is 16.1 Å².